The average molecular weight is 466 g/mol. The summed E-state index contributed by atoms with van der Waals surface area (Å²) < 4.78 is 3.07. The number of rotatable bonds is 5. The van der Waals surface area contributed by atoms with E-state index in [0.717, 1.165) is 17.3 Å². The maximum Gasteiger partial charge on any atom is 0.330 e. The molecule has 10 heteroatoms. The van der Waals surface area contributed by atoms with Crippen molar-refractivity contribution in [3.05, 3.63) is 49.4 Å². The Kier molecular flexibility index (Phi) is 5.58. The van der Waals surface area contributed by atoms with Gasteiger partial charge in [-0.3, -0.25) is 9.13 Å². The molecular formula is C15H13BrCl3N5O. The quantitative estimate of drug-likeness (QED) is 0.457. The van der Waals surface area contributed by atoms with E-state index in [2.05, 4.69) is 25.9 Å². The second kappa shape index (κ2) is 7.53. The van der Waals surface area contributed by atoms with E-state index in [1.165, 1.54) is 4.57 Å². The summed E-state index contributed by atoms with van der Waals surface area (Å²) in [5.41, 5.74) is 7.16. The van der Waals surface area contributed by atoms with Gasteiger partial charge in [-0.15, -0.1) is 0 Å². The molecule has 2 aromatic heterocycles. The molecular weight excluding hydrogens is 452 g/mol. The molecule has 0 aliphatic rings. The van der Waals surface area contributed by atoms with E-state index in [-0.39, 0.29) is 23.3 Å². The Labute approximate surface area is 166 Å². The molecule has 0 spiro atoms. The lowest BCUT2D eigenvalue weighted by Crippen LogP contribution is -2.25. The van der Waals surface area contributed by atoms with Gasteiger partial charge in [0.25, 0.3) is 0 Å². The Balaban J connectivity index is 2.18. The van der Waals surface area contributed by atoms with Gasteiger partial charge in [-0.2, -0.15) is 9.97 Å². The zero-order chi connectivity index (χ0) is 18.1. The van der Waals surface area contributed by atoms with Gasteiger partial charge < -0.3 is 5.73 Å². The summed E-state index contributed by atoms with van der Waals surface area (Å²) >= 11 is 21.6. The summed E-state index contributed by atoms with van der Waals surface area (Å²) in [4.78, 5) is 21.1. The van der Waals surface area contributed by atoms with Gasteiger partial charge in [0.1, 0.15) is 5.52 Å². The van der Waals surface area contributed by atoms with Gasteiger partial charge >= 0.3 is 5.69 Å². The number of alkyl halides is 1. The van der Waals surface area contributed by atoms with Gasteiger partial charge in [0.15, 0.2) is 10.8 Å². The van der Waals surface area contributed by atoms with Crippen LogP contribution in [0.5, 0.6) is 0 Å². The molecule has 0 radical (unpaired) electrons. The molecule has 6 nitrogen and oxygen atoms in total. The fourth-order valence-electron chi connectivity index (χ4n) is 2.57. The van der Waals surface area contributed by atoms with Crippen LogP contribution < -0.4 is 11.4 Å². The highest BCUT2D eigenvalue weighted by Crippen LogP contribution is 2.25. The fraction of sp³-hybridized carbons (Fsp3) is 0.267. The van der Waals surface area contributed by atoms with Gasteiger partial charge in [0.2, 0.25) is 5.95 Å². The molecule has 0 saturated heterocycles. The predicted octanol–water partition coefficient (Wildman–Crippen LogP) is 3.97. The largest absolute Gasteiger partial charge is 0.368 e. The Morgan fingerprint density at radius 1 is 1.12 bits per heavy atom. The highest BCUT2D eigenvalue weighted by molar-refractivity contribution is 9.09. The number of hydrogen-bond donors (Lipinski definition) is 1. The minimum absolute atomic E-state index is 0.0121. The van der Waals surface area contributed by atoms with Gasteiger partial charge in [-0.1, -0.05) is 56.8 Å². The van der Waals surface area contributed by atoms with Crippen LogP contribution in [-0.4, -0.2) is 24.4 Å². The predicted molar refractivity (Wildman–Crippen MR) is 105 cm³/mol. The third kappa shape index (κ3) is 3.65. The molecule has 2 heterocycles. The number of anilines is 1. The van der Waals surface area contributed by atoms with Crippen LogP contribution in [0.15, 0.2) is 23.0 Å². The molecule has 0 aliphatic heterocycles. The molecule has 0 fully saturated rings. The van der Waals surface area contributed by atoms with Crippen molar-refractivity contribution >= 4 is 67.8 Å². The van der Waals surface area contributed by atoms with Crippen LogP contribution in [-0.2, 0) is 13.1 Å². The number of nitrogen functional groups attached to an aromatic ring is 1. The zero-order valence-corrected chi connectivity index (χ0v) is 16.7. The normalized spacial score (nSPS) is 11.4. The molecule has 3 rings (SSSR count). The van der Waals surface area contributed by atoms with Crippen molar-refractivity contribution in [1.29, 1.82) is 0 Å². The van der Waals surface area contributed by atoms with Crippen LogP contribution in [0.1, 0.15) is 12.0 Å². The summed E-state index contributed by atoms with van der Waals surface area (Å²) in [5.74, 6) is 0.0121. The van der Waals surface area contributed by atoms with Crippen molar-refractivity contribution in [3.63, 3.8) is 0 Å². The molecule has 1 aromatic carbocycles. The third-order valence-electron chi connectivity index (χ3n) is 3.67. The number of nitrogens with zero attached hydrogens (tertiary/aromatic N) is 4. The molecule has 0 aliphatic carbocycles. The molecule has 0 amide bonds. The number of halogens is 4. The van der Waals surface area contributed by atoms with Crippen LogP contribution in [0.4, 0.5) is 5.95 Å². The Morgan fingerprint density at radius 3 is 2.56 bits per heavy atom. The number of imidazole rings is 1. The van der Waals surface area contributed by atoms with Crippen molar-refractivity contribution in [1.82, 2.24) is 19.1 Å². The molecule has 0 saturated carbocycles. The summed E-state index contributed by atoms with van der Waals surface area (Å²) in [6.45, 7) is 0.752. The second-order valence-electron chi connectivity index (χ2n) is 5.36. The summed E-state index contributed by atoms with van der Waals surface area (Å²) in [6, 6.07) is 5.20. The third-order valence-corrected chi connectivity index (χ3v) is 5.23. The van der Waals surface area contributed by atoms with Crippen molar-refractivity contribution in [2.75, 3.05) is 11.1 Å². The first-order chi connectivity index (χ1) is 11.9. The van der Waals surface area contributed by atoms with Gasteiger partial charge in [0, 0.05) is 11.9 Å². The lowest BCUT2D eigenvalue weighted by Gasteiger charge is -2.05. The number of hydrogen-bond acceptors (Lipinski definition) is 4. The van der Waals surface area contributed by atoms with E-state index in [9.17, 15) is 4.79 Å². The van der Waals surface area contributed by atoms with Crippen LogP contribution in [0.3, 0.4) is 0 Å². The Bertz CT molecular complexity index is 1000. The standard InChI is InChI=1S/C15H13BrCl3N5O/c16-4-1-5-23-11-12(19)21-14(20)22-13(11)24(15(23)25)7-8-2-3-9(17)10(18)6-8/h2-3,6H,1,4-5,7H2,(H2,20,21,22). The first kappa shape index (κ1) is 18.5. The van der Waals surface area contributed by atoms with Crippen LogP contribution >= 0.6 is 50.7 Å². The number of aromatic nitrogens is 4. The highest BCUT2D eigenvalue weighted by Gasteiger charge is 2.19. The lowest BCUT2D eigenvalue weighted by molar-refractivity contribution is 0.642. The molecule has 3 aromatic rings. The van der Waals surface area contributed by atoms with Crippen molar-refractivity contribution in [2.24, 2.45) is 0 Å². The van der Waals surface area contributed by atoms with Crippen molar-refractivity contribution in [3.8, 4) is 0 Å². The van der Waals surface area contributed by atoms with E-state index in [4.69, 9.17) is 40.5 Å². The maximum absolute atomic E-state index is 12.9. The lowest BCUT2D eigenvalue weighted by atomic mass is 10.2. The summed E-state index contributed by atoms with van der Waals surface area (Å²) in [6.07, 6.45) is 0.756. The van der Waals surface area contributed by atoms with E-state index < -0.39 is 0 Å². The number of fused-ring (bicyclic) bond motifs is 1. The van der Waals surface area contributed by atoms with Crippen LogP contribution in [0.2, 0.25) is 15.2 Å². The SMILES string of the molecule is Nc1nc(Cl)c2c(n1)n(Cc1ccc(Cl)c(Cl)c1)c(=O)n2CCCBr. The van der Waals surface area contributed by atoms with Gasteiger partial charge in [0.05, 0.1) is 16.6 Å². The average Bonchev–Trinajstić information content (AvgIpc) is 2.81. The topological polar surface area (TPSA) is 78.7 Å². The number of nitrogens with two attached hydrogens (primary N) is 1. The minimum Gasteiger partial charge on any atom is -0.368 e. The van der Waals surface area contributed by atoms with Gasteiger partial charge in [-0.25, -0.2) is 4.79 Å². The Hall–Kier alpha value is -1.28. The molecule has 0 atom stereocenters. The maximum atomic E-state index is 12.9. The fourth-order valence-corrected chi connectivity index (χ4v) is 3.42. The Morgan fingerprint density at radius 2 is 1.88 bits per heavy atom. The molecule has 25 heavy (non-hydrogen) atoms. The zero-order valence-electron chi connectivity index (χ0n) is 12.8. The van der Waals surface area contributed by atoms with E-state index in [1.807, 2.05) is 0 Å². The van der Waals surface area contributed by atoms with Crippen LogP contribution in [0, 0.1) is 0 Å². The van der Waals surface area contributed by atoms with Gasteiger partial charge in [-0.05, 0) is 24.1 Å². The first-order valence-corrected chi connectivity index (χ1v) is 9.60. The first-order valence-electron chi connectivity index (χ1n) is 7.34. The van der Waals surface area contributed by atoms with Crippen LogP contribution in [0.25, 0.3) is 11.2 Å². The smallest absolute Gasteiger partial charge is 0.330 e. The monoisotopic (exact) mass is 463 g/mol. The number of benzene rings is 1. The second-order valence-corrected chi connectivity index (χ2v) is 7.32. The van der Waals surface area contributed by atoms with Crippen molar-refractivity contribution < 1.29 is 0 Å². The molecule has 0 unspecified atom stereocenters. The van der Waals surface area contributed by atoms with Crippen molar-refractivity contribution in [2.45, 2.75) is 19.5 Å². The molecule has 132 valence electrons. The molecule has 2 N–H and O–H groups in total. The number of aryl methyl sites for hydroxylation is 1. The van der Waals surface area contributed by atoms with E-state index >= 15 is 0 Å². The highest BCUT2D eigenvalue weighted by atomic mass is 79.9. The summed E-state index contributed by atoms with van der Waals surface area (Å²) in [5, 5.41) is 1.78. The van der Waals surface area contributed by atoms with E-state index in [1.54, 1.807) is 22.8 Å². The molecule has 0 bridgehead atoms. The van der Waals surface area contributed by atoms with E-state index in [0.29, 0.717) is 27.8 Å². The minimum atomic E-state index is -0.233. The summed E-state index contributed by atoms with van der Waals surface area (Å²) in [7, 11) is 0.